The summed E-state index contributed by atoms with van der Waals surface area (Å²) in [5.41, 5.74) is 3.30. The van der Waals surface area contributed by atoms with E-state index in [1.807, 2.05) is 36.4 Å². The van der Waals surface area contributed by atoms with Gasteiger partial charge in [0.05, 0.1) is 16.8 Å². The lowest BCUT2D eigenvalue weighted by atomic mass is 9.99. The number of fused-ring (bicyclic) bond motifs is 1. The molecule has 6 heteroatoms. The van der Waals surface area contributed by atoms with Gasteiger partial charge in [0.1, 0.15) is 0 Å². The molecular formula is C30H19Cl2NO3. The molecule has 1 heterocycles. The molecule has 1 atom stereocenters. The van der Waals surface area contributed by atoms with Crippen molar-refractivity contribution in [2.75, 3.05) is 0 Å². The highest BCUT2D eigenvalue weighted by Gasteiger charge is 2.28. The minimum atomic E-state index is -1.15. The Bertz CT molecular complexity index is 1550. The SMILES string of the molecule is O=C(O[C@@H](C(=O)c1ccccc1)c1ccc(Cl)cc1)c1cc(-c2ccc(Cl)cc2)nc2ccccc12. The van der Waals surface area contributed by atoms with E-state index in [2.05, 4.69) is 0 Å². The first-order valence-corrected chi connectivity index (χ1v) is 12.0. The minimum absolute atomic E-state index is 0.311. The van der Waals surface area contributed by atoms with Crippen molar-refractivity contribution < 1.29 is 14.3 Å². The highest BCUT2D eigenvalue weighted by Crippen LogP contribution is 2.30. The monoisotopic (exact) mass is 511 g/mol. The predicted molar refractivity (Wildman–Crippen MR) is 143 cm³/mol. The Morgan fingerprint density at radius 2 is 1.33 bits per heavy atom. The Morgan fingerprint density at radius 3 is 2.03 bits per heavy atom. The maximum absolute atomic E-state index is 13.6. The lowest BCUT2D eigenvalue weighted by molar-refractivity contribution is 0.0282. The van der Waals surface area contributed by atoms with Gasteiger partial charge in [-0.2, -0.15) is 0 Å². The number of carbonyl (C=O) groups is 2. The van der Waals surface area contributed by atoms with Gasteiger partial charge < -0.3 is 4.74 Å². The number of para-hydroxylation sites is 1. The molecule has 0 aliphatic carbocycles. The Morgan fingerprint density at radius 1 is 0.722 bits per heavy atom. The fraction of sp³-hybridized carbons (Fsp3) is 0.0333. The van der Waals surface area contributed by atoms with E-state index in [4.69, 9.17) is 32.9 Å². The van der Waals surface area contributed by atoms with E-state index in [0.717, 1.165) is 5.56 Å². The molecule has 1 aromatic heterocycles. The molecule has 4 nitrogen and oxygen atoms in total. The number of ether oxygens (including phenoxy) is 1. The molecule has 0 unspecified atom stereocenters. The lowest BCUT2D eigenvalue weighted by Crippen LogP contribution is -2.20. The first-order valence-electron chi connectivity index (χ1n) is 11.2. The summed E-state index contributed by atoms with van der Waals surface area (Å²) in [6.07, 6.45) is -1.15. The molecular weight excluding hydrogens is 493 g/mol. The summed E-state index contributed by atoms with van der Waals surface area (Å²) < 4.78 is 5.92. The van der Waals surface area contributed by atoms with Crippen molar-refractivity contribution in [1.29, 1.82) is 0 Å². The second kappa shape index (κ2) is 10.3. The quantitative estimate of drug-likeness (QED) is 0.171. The standard InChI is InChI=1S/C30H19Cl2NO3/c31-22-14-10-19(11-15-22)27-18-25(24-8-4-5-9-26(24)33-27)30(35)36-29(21-12-16-23(32)17-13-21)28(34)20-6-2-1-3-7-20/h1-18,29H/t29-/m1/s1. The number of nitrogens with zero attached hydrogens (tertiary/aromatic N) is 1. The highest BCUT2D eigenvalue weighted by molar-refractivity contribution is 6.30. The van der Waals surface area contributed by atoms with Crippen molar-refractivity contribution in [3.63, 3.8) is 0 Å². The first-order chi connectivity index (χ1) is 17.5. The average Bonchev–Trinajstić information content (AvgIpc) is 2.92. The van der Waals surface area contributed by atoms with Crippen LogP contribution in [-0.2, 0) is 4.74 Å². The van der Waals surface area contributed by atoms with E-state index in [1.54, 1.807) is 72.8 Å². The second-order valence-corrected chi connectivity index (χ2v) is 9.02. The van der Waals surface area contributed by atoms with E-state index < -0.39 is 12.1 Å². The summed E-state index contributed by atoms with van der Waals surface area (Å²) in [5.74, 6) is -0.962. The van der Waals surface area contributed by atoms with Crippen molar-refractivity contribution in [1.82, 2.24) is 4.98 Å². The van der Waals surface area contributed by atoms with Gasteiger partial charge in [-0.05, 0) is 36.4 Å². The van der Waals surface area contributed by atoms with Crippen molar-refractivity contribution in [3.8, 4) is 11.3 Å². The maximum atomic E-state index is 13.6. The zero-order valence-corrected chi connectivity index (χ0v) is 20.4. The minimum Gasteiger partial charge on any atom is -0.445 e. The molecule has 0 aliphatic heterocycles. The third-order valence-corrected chi connectivity index (χ3v) is 6.27. The molecule has 5 aromatic rings. The van der Waals surface area contributed by atoms with Crippen molar-refractivity contribution in [2.45, 2.75) is 6.10 Å². The van der Waals surface area contributed by atoms with E-state index in [-0.39, 0.29) is 5.78 Å². The van der Waals surface area contributed by atoms with Crippen molar-refractivity contribution in [3.05, 3.63) is 136 Å². The smallest absolute Gasteiger partial charge is 0.339 e. The number of hydrogen-bond acceptors (Lipinski definition) is 4. The van der Waals surface area contributed by atoms with Crippen LogP contribution in [0.25, 0.3) is 22.2 Å². The molecule has 5 rings (SSSR count). The molecule has 0 saturated heterocycles. The third kappa shape index (κ3) is 5.01. The molecule has 0 radical (unpaired) electrons. The van der Waals surface area contributed by atoms with Gasteiger partial charge in [0, 0.05) is 32.1 Å². The van der Waals surface area contributed by atoms with Crippen LogP contribution in [0, 0.1) is 0 Å². The van der Waals surface area contributed by atoms with Crippen LogP contribution in [0.2, 0.25) is 10.0 Å². The molecule has 4 aromatic carbocycles. The fourth-order valence-corrected chi connectivity index (χ4v) is 4.20. The predicted octanol–water partition coefficient (Wildman–Crippen LogP) is 7.99. The third-order valence-electron chi connectivity index (χ3n) is 5.77. The summed E-state index contributed by atoms with van der Waals surface area (Å²) >= 11 is 12.1. The maximum Gasteiger partial charge on any atom is 0.339 e. The zero-order valence-electron chi connectivity index (χ0n) is 18.9. The van der Waals surface area contributed by atoms with Crippen LogP contribution in [-0.4, -0.2) is 16.7 Å². The molecule has 0 spiro atoms. The number of pyridine rings is 1. The normalized spacial score (nSPS) is 11.7. The molecule has 0 fully saturated rings. The van der Waals surface area contributed by atoms with E-state index in [9.17, 15) is 9.59 Å². The molecule has 0 N–H and O–H groups in total. The van der Waals surface area contributed by atoms with Crippen LogP contribution in [0.4, 0.5) is 0 Å². The number of carbonyl (C=O) groups excluding carboxylic acids is 2. The number of rotatable bonds is 6. The number of Topliss-reactive ketones (excluding diaryl/α,β-unsaturated/α-hetero) is 1. The Labute approximate surface area is 218 Å². The Kier molecular flexibility index (Phi) is 6.81. The summed E-state index contributed by atoms with van der Waals surface area (Å²) in [6.45, 7) is 0. The number of aromatic nitrogens is 1. The van der Waals surface area contributed by atoms with Gasteiger partial charge in [-0.1, -0.05) is 96.0 Å². The Balaban J connectivity index is 1.57. The van der Waals surface area contributed by atoms with Crippen molar-refractivity contribution in [2.24, 2.45) is 0 Å². The van der Waals surface area contributed by atoms with Crippen molar-refractivity contribution >= 4 is 45.9 Å². The zero-order chi connectivity index (χ0) is 25.1. The van der Waals surface area contributed by atoms with Gasteiger partial charge in [-0.3, -0.25) is 4.79 Å². The largest absolute Gasteiger partial charge is 0.445 e. The van der Waals surface area contributed by atoms with Gasteiger partial charge in [-0.25, -0.2) is 9.78 Å². The van der Waals surface area contributed by atoms with Gasteiger partial charge in [0.25, 0.3) is 0 Å². The van der Waals surface area contributed by atoms with E-state index >= 15 is 0 Å². The number of esters is 1. The lowest BCUT2D eigenvalue weighted by Gasteiger charge is -2.18. The summed E-state index contributed by atoms with van der Waals surface area (Å²) in [5, 5.41) is 1.75. The molecule has 0 amide bonds. The van der Waals surface area contributed by atoms with Gasteiger partial charge in [0.2, 0.25) is 5.78 Å². The summed E-state index contributed by atoms with van der Waals surface area (Å²) in [6, 6.07) is 31.6. The number of benzene rings is 4. The van der Waals surface area contributed by atoms with Gasteiger partial charge in [0.15, 0.2) is 6.10 Å². The van der Waals surface area contributed by atoms with Crippen LogP contribution in [0.3, 0.4) is 0 Å². The molecule has 176 valence electrons. The van der Waals surface area contributed by atoms with Crippen LogP contribution in [0.1, 0.15) is 32.4 Å². The average molecular weight is 512 g/mol. The number of ketones is 1. The fourth-order valence-electron chi connectivity index (χ4n) is 3.95. The van der Waals surface area contributed by atoms with Crippen LogP contribution in [0.15, 0.2) is 109 Å². The topological polar surface area (TPSA) is 56.3 Å². The van der Waals surface area contributed by atoms with E-state index in [0.29, 0.717) is 43.3 Å². The first kappa shape index (κ1) is 23.7. The second-order valence-electron chi connectivity index (χ2n) is 8.15. The molecule has 0 bridgehead atoms. The summed E-state index contributed by atoms with van der Waals surface area (Å²) in [7, 11) is 0. The van der Waals surface area contributed by atoms with E-state index in [1.165, 1.54) is 0 Å². The number of halogens is 2. The summed E-state index contributed by atoms with van der Waals surface area (Å²) in [4.78, 5) is 31.8. The Hall–Kier alpha value is -3.99. The van der Waals surface area contributed by atoms with Gasteiger partial charge in [-0.15, -0.1) is 0 Å². The highest BCUT2D eigenvalue weighted by atomic mass is 35.5. The molecule has 0 aliphatic rings. The van der Waals surface area contributed by atoms with Gasteiger partial charge >= 0.3 is 5.97 Å². The van der Waals surface area contributed by atoms with Crippen LogP contribution >= 0.6 is 23.2 Å². The van der Waals surface area contributed by atoms with Crippen LogP contribution in [0.5, 0.6) is 0 Å². The number of hydrogen-bond donors (Lipinski definition) is 0. The molecule has 36 heavy (non-hydrogen) atoms. The molecule has 0 saturated carbocycles. The van der Waals surface area contributed by atoms with Crippen LogP contribution < -0.4 is 0 Å².